The quantitative estimate of drug-likeness (QED) is 0.292. The first-order valence-electron chi connectivity index (χ1n) is 17.0. The minimum atomic E-state index is -4.12. The Morgan fingerprint density at radius 2 is 1.38 bits per heavy atom. The number of benzene rings is 3. The van der Waals surface area contributed by atoms with Crippen molar-refractivity contribution in [1.29, 1.82) is 0 Å². The Bertz CT molecular complexity index is 1920. The molecule has 6 rings (SSSR count). The summed E-state index contributed by atoms with van der Waals surface area (Å²) < 4.78 is 64.9. The highest BCUT2D eigenvalue weighted by Crippen LogP contribution is 2.46. The first-order valence-corrected chi connectivity index (χ1v) is 21.7. The van der Waals surface area contributed by atoms with Gasteiger partial charge in [0.2, 0.25) is 10.0 Å². The zero-order valence-electron chi connectivity index (χ0n) is 28.9. The van der Waals surface area contributed by atoms with Crippen LogP contribution in [0.15, 0.2) is 65.6 Å². The SMILES string of the molecule is CCOc1cc(Cl)c(S(=O)(=O)N2CCOCC2)cc1C1(C(=O)N2CCN(CCS(C)(=O)=O)CC2)N[C@H](c2ccc(Cl)cc2)[C@H](c2ccc(Cl)cc2)N1. The molecule has 12 nitrogen and oxygen atoms in total. The van der Waals surface area contributed by atoms with Gasteiger partial charge in [0, 0.05) is 73.7 Å². The van der Waals surface area contributed by atoms with Crippen molar-refractivity contribution in [1.82, 2.24) is 24.7 Å². The molecule has 0 aliphatic carbocycles. The van der Waals surface area contributed by atoms with E-state index >= 15 is 4.79 Å². The molecule has 3 saturated heterocycles. The zero-order chi connectivity index (χ0) is 37.3. The van der Waals surface area contributed by atoms with Crippen LogP contribution in [0.2, 0.25) is 15.1 Å². The minimum Gasteiger partial charge on any atom is -0.493 e. The smallest absolute Gasteiger partial charge is 0.262 e. The molecule has 52 heavy (non-hydrogen) atoms. The normalized spacial score (nSPS) is 23.5. The first kappa shape index (κ1) is 39.2. The number of amides is 1. The van der Waals surface area contributed by atoms with Crippen LogP contribution in [0.5, 0.6) is 5.75 Å². The van der Waals surface area contributed by atoms with Crippen LogP contribution in [0.3, 0.4) is 0 Å². The fraction of sp³-hybridized carbons (Fsp3) is 0.457. The number of hydrogen-bond donors (Lipinski definition) is 2. The number of morpholine rings is 1. The number of piperazine rings is 1. The van der Waals surface area contributed by atoms with Crippen molar-refractivity contribution in [2.75, 3.05) is 77.6 Å². The Kier molecular flexibility index (Phi) is 12.1. The molecule has 0 aromatic heterocycles. The van der Waals surface area contributed by atoms with Crippen molar-refractivity contribution in [3.8, 4) is 5.75 Å². The van der Waals surface area contributed by atoms with Gasteiger partial charge in [0.15, 0.2) is 5.66 Å². The highest BCUT2D eigenvalue weighted by Gasteiger charge is 2.55. The molecule has 0 spiro atoms. The molecule has 1 unspecified atom stereocenters. The van der Waals surface area contributed by atoms with Gasteiger partial charge in [-0.2, -0.15) is 4.31 Å². The molecule has 3 aromatic carbocycles. The van der Waals surface area contributed by atoms with Crippen LogP contribution in [0.25, 0.3) is 0 Å². The van der Waals surface area contributed by atoms with Gasteiger partial charge in [-0.25, -0.2) is 16.8 Å². The number of nitrogens with zero attached hydrogens (tertiary/aromatic N) is 3. The standard InChI is InChI=1S/C35H42Cl3N5O7S2/c1-3-50-30-23-29(38)31(52(47,48)43-16-19-49-20-17-43)22-28(30)35(34(44)42-14-12-41(13-15-42)18-21-51(2,45)46)39-32(24-4-8-26(36)9-5-24)33(40-35)25-6-10-27(37)11-7-25/h4-11,22-23,32-33,39-40H,3,12-21H2,1-2H3/t32-,33+,35?. The van der Waals surface area contributed by atoms with E-state index in [0.29, 0.717) is 42.8 Å². The second kappa shape index (κ2) is 16.1. The Balaban J connectivity index is 1.50. The van der Waals surface area contributed by atoms with Crippen molar-refractivity contribution < 1.29 is 31.1 Å². The minimum absolute atomic E-state index is 0.0163. The lowest BCUT2D eigenvalue weighted by Crippen LogP contribution is -2.62. The van der Waals surface area contributed by atoms with Crippen LogP contribution in [0, 0.1) is 0 Å². The van der Waals surface area contributed by atoms with E-state index in [2.05, 4.69) is 10.6 Å². The summed E-state index contributed by atoms with van der Waals surface area (Å²) in [7, 11) is -7.28. The maximum absolute atomic E-state index is 15.3. The molecule has 3 aliphatic rings. The number of nitrogens with one attached hydrogen (secondary N) is 2. The lowest BCUT2D eigenvalue weighted by molar-refractivity contribution is -0.141. The number of carbonyl (C=O) groups excluding carboxylic acids is 1. The monoisotopic (exact) mass is 813 g/mol. The van der Waals surface area contributed by atoms with Gasteiger partial charge in [-0.1, -0.05) is 59.1 Å². The molecule has 282 valence electrons. The van der Waals surface area contributed by atoms with E-state index in [1.165, 1.54) is 22.7 Å². The average molecular weight is 815 g/mol. The Hall–Kier alpha value is -2.50. The summed E-state index contributed by atoms with van der Waals surface area (Å²) in [6.07, 6.45) is 1.21. The summed E-state index contributed by atoms with van der Waals surface area (Å²) in [5, 5.41) is 8.30. The second-order valence-electron chi connectivity index (χ2n) is 13.1. The maximum atomic E-state index is 15.3. The van der Waals surface area contributed by atoms with Crippen LogP contribution in [0.1, 0.15) is 35.7 Å². The van der Waals surface area contributed by atoms with Gasteiger partial charge < -0.3 is 14.4 Å². The van der Waals surface area contributed by atoms with E-state index in [9.17, 15) is 16.8 Å². The van der Waals surface area contributed by atoms with Crippen molar-refractivity contribution in [2.45, 2.75) is 29.6 Å². The third-order valence-corrected chi connectivity index (χ3v) is 13.4. The largest absolute Gasteiger partial charge is 0.493 e. The number of hydrogen-bond acceptors (Lipinski definition) is 10. The molecule has 0 radical (unpaired) electrons. The lowest BCUT2D eigenvalue weighted by atomic mass is 9.95. The van der Waals surface area contributed by atoms with E-state index in [1.807, 2.05) is 29.2 Å². The van der Waals surface area contributed by atoms with E-state index < -0.39 is 37.6 Å². The number of sulfonamides is 1. The highest BCUT2D eigenvalue weighted by atomic mass is 35.5. The van der Waals surface area contributed by atoms with Crippen LogP contribution in [0.4, 0.5) is 0 Å². The fourth-order valence-corrected chi connectivity index (χ4v) is 9.66. The lowest BCUT2D eigenvalue weighted by Gasteiger charge is -2.41. The summed E-state index contributed by atoms with van der Waals surface area (Å²) in [5.74, 6) is -0.105. The molecule has 2 N–H and O–H groups in total. The molecule has 3 aliphatic heterocycles. The van der Waals surface area contributed by atoms with E-state index in [1.54, 1.807) is 36.1 Å². The van der Waals surface area contributed by atoms with Crippen LogP contribution in [-0.2, 0) is 35.1 Å². The molecular formula is C35H42Cl3N5O7S2. The van der Waals surface area contributed by atoms with Gasteiger partial charge in [-0.3, -0.25) is 20.3 Å². The fourth-order valence-electron chi connectivity index (χ4n) is 6.89. The third-order valence-electron chi connectivity index (χ3n) is 9.62. The number of halogens is 3. The topological polar surface area (TPSA) is 138 Å². The van der Waals surface area contributed by atoms with Crippen LogP contribution >= 0.6 is 34.8 Å². The summed E-state index contributed by atoms with van der Waals surface area (Å²) in [5.41, 5.74) is 0.175. The molecule has 0 saturated carbocycles. The maximum Gasteiger partial charge on any atom is 0.262 e. The van der Waals surface area contributed by atoms with Crippen molar-refractivity contribution in [2.24, 2.45) is 0 Å². The highest BCUT2D eigenvalue weighted by molar-refractivity contribution is 7.90. The number of ether oxygens (including phenoxy) is 2. The number of carbonyl (C=O) groups is 1. The summed E-state index contributed by atoms with van der Waals surface area (Å²) in [4.78, 5) is 18.9. The number of sulfone groups is 1. The second-order valence-corrected chi connectivity index (χ2v) is 18.5. The Labute approximate surface area is 320 Å². The summed E-state index contributed by atoms with van der Waals surface area (Å²) in [6, 6.07) is 16.5. The van der Waals surface area contributed by atoms with Crippen molar-refractivity contribution in [3.05, 3.63) is 92.4 Å². The molecule has 3 fully saturated rings. The van der Waals surface area contributed by atoms with E-state index in [-0.39, 0.29) is 65.8 Å². The summed E-state index contributed by atoms with van der Waals surface area (Å²) in [6.45, 7) is 4.68. The van der Waals surface area contributed by atoms with Crippen LogP contribution < -0.4 is 15.4 Å². The molecule has 17 heteroatoms. The van der Waals surface area contributed by atoms with Crippen molar-refractivity contribution >= 4 is 60.6 Å². The van der Waals surface area contributed by atoms with Gasteiger partial charge in [0.1, 0.15) is 20.5 Å². The number of rotatable bonds is 11. The predicted molar refractivity (Wildman–Crippen MR) is 201 cm³/mol. The van der Waals surface area contributed by atoms with Gasteiger partial charge in [0.05, 0.1) is 42.7 Å². The predicted octanol–water partition coefficient (Wildman–Crippen LogP) is 4.08. The molecule has 3 aromatic rings. The van der Waals surface area contributed by atoms with Crippen LogP contribution in [-0.4, -0.2) is 114 Å². The van der Waals surface area contributed by atoms with Gasteiger partial charge in [-0.15, -0.1) is 0 Å². The Morgan fingerprint density at radius 1 is 0.846 bits per heavy atom. The average Bonchev–Trinajstić information content (AvgIpc) is 3.53. The van der Waals surface area contributed by atoms with Gasteiger partial charge in [-0.05, 0) is 48.4 Å². The van der Waals surface area contributed by atoms with E-state index in [4.69, 9.17) is 44.3 Å². The summed E-state index contributed by atoms with van der Waals surface area (Å²) >= 11 is 19.4. The van der Waals surface area contributed by atoms with Gasteiger partial charge >= 0.3 is 0 Å². The molecule has 3 heterocycles. The molecule has 0 bridgehead atoms. The van der Waals surface area contributed by atoms with Crippen molar-refractivity contribution in [3.63, 3.8) is 0 Å². The molecule has 3 atom stereocenters. The van der Waals surface area contributed by atoms with E-state index in [0.717, 1.165) is 11.1 Å². The Morgan fingerprint density at radius 3 is 1.88 bits per heavy atom. The van der Waals surface area contributed by atoms with Gasteiger partial charge in [0.25, 0.3) is 5.91 Å². The zero-order valence-corrected chi connectivity index (χ0v) is 32.8. The molecule has 1 amide bonds. The molecular weight excluding hydrogens is 773 g/mol. The first-order chi connectivity index (χ1) is 24.7. The third kappa shape index (κ3) is 8.41.